The molecule has 0 unspecified atom stereocenters. The van der Waals surface area contributed by atoms with E-state index < -0.39 is 0 Å². The molecule has 2 aromatic rings. The molecule has 1 aliphatic rings. The van der Waals surface area contributed by atoms with E-state index in [2.05, 4.69) is 15.5 Å². The zero-order chi connectivity index (χ0) is 11.7. The van der Waals surface area contributed by atoms with Crippen molar-refractivity contribution in [1.82, 2.24) is 15.5 Å². The minimum absolute atomic E-state index is 0.212. The topological polar surface area (TPSA) is 51.0 Å². The molecule has 1 atom stereocenters. The van der Waals surface area contributed by atoms with Crippen molar-refractivity contribution in [3.63, 3.8) is 0 Å². The molecule has 5 heteroatoms. The lowest BCUT2D eigenvalue weighted by molar-refractivity contribution is 0.345. The first kappa shape index (κ1) is 10.7. The molecule has 88 valence electrons. The predicted octanol–water partition coefficient (Wildman–Crippen LogP) is 2.81. The zero-order valence-electron chi connectivity index (χ0n) is 9.19. The van der Waals surface area contributed by atoms with Crippen LogP contribution in [0.15, 0.2) is 28.8 Å². The number of hydrogen-bond donors (Lipinski definition) is 1. The Morgan fingerprint density at radius 2 is 2.12 bits per heavy atom. The largest absolute Gasteiger partial charge is 0.337 e. The van der Waals surface area contributed by atoms with Crippen LogP contribution < -0.4 is 5.32 Å². The van der Waals surface area contributed by atoms with Crippen molar-refractivity contribution in [2.75, 3.05) is 6.54 Å². The summed E-state index contributed by atoms with van der Waals surface area (Å²) in [5.74, 6) is 1.29. The second-order valence-electron chi connectivity index (χ2n) is 4.11. The second kappa shape index (κ2) is 4.47. The number of hydrogen-bond acceptors (Lipinski definition) is 4. The highest BCUT2D eigenvalue weighted by molar-refractivity contribution is 6.30. The normalized spacial score (nSPS) is 19.7. The molecule has 1 aliphatic heterocycles. The van der Waals surface area contributed by atoms with Crippen LogP contribution in [0.25, 0.3) is 11.4 Å². The van der Waals surface area contributed by atoms with Gasteiger partial charge in [-0.3, -0.25) is 0 Å². The quantitative estimate of drug-likeness (QED) is 0.889. The third-order valence-corrected chi connectivity index (χ3v) is 3.15. The van der Waals surface area contributed by atoms with Gasteiger partial charge in [0, 0.05) is 10.6 Å². The number of rotatable bonds is 2. The maximum atomic E-state index is 5.83. The Morgan fingerprint density at radius 3 is 2.82 bits per heavy atom. The fraction of sp³-hybridized carbons (Fsp3) is 0.333. The van der Waals surface area contributed by atoms with E-state index in [-0.39, 0.29) is 6.04 Å². The summed E-state index contributed by atoms with van der Waals surface area (Å²) in [5, 5.41) is 8.02. The SMILES string of the molecule is Clc1ccc(-c2noc([C@@H]3CCCN3)n2)cc1. The molecule has 0 radical (unpaired) electrons. The maximum Gasteiger partial charge on any atom is 0.244 e. The van der Waals surface area contributed by atoms with Crippen LogP contribution in [0.1, 0.15) is 24.8 Å². The molecule has 1 N–H and O–H groups in total. The van der Waals surface area contributed by atoms with Gasteiger partial charge in [0.15, 0.2) is 0 Å². The standard InChI is InChI=1S/C12H12ClN3O/c13-9-5-3-8(4-6-9)11-15-12(17-16-11)10-2-1-7-14-10/h3-6,10,14H,1-2,7H2/t10-/m0/s1. The molecule has 4 nitrogen and oxygen atoms in total. The summed E-state index contributed by atoms with van der Waals surface area (Å²) in [6.45, 7) is 1.02. The highest BCUT2D eigenvalue weighted by Crippen LogP contribution is 2.24. The molecule has 0 amide bonds. The maximum absolute atomic E-state index is 5.83. The van der Waals surface area contributed by atoms with Crippen LogP contribution in [0.3, 0.4) is 0 Å². The van der Waals surface area contributed by atoms with E-state index in [0.29, 0.717) is 16.7 Å². The molecule has 0 bridgehead atoms. The summed E-state index contributed by atoms with van der Waals surface area (Å²) in [6, 6.07) is 7.63. The highest BCUT2D eigenvalue weighted by atomic mass is 35.5. The van der Waals surface area contributed by atoms with Crippen molar-refractivity contribution in [3.05, 3.63) is 35.2 Å². The van der Waals surface area contributed by atoms with E-state index in [1.807, 2.05) is 24.3 Å². The highest BCUT2D eigenvalue weighted by Gasteiger charge is 2.22. The van der Waals surface area contributed by atoms with E-state index in [9.17, 15) is 0 Å². The molecule has 0 spiro atoms. The van der Waals surface area contributed by atoms with Gasteiger partial charge in [0.2, 0.25) is 11.7 Å². The molecule has 0 saturated carbocycles. The average Bonchev–Trinajstić information content (AvgIpc) is 3.00. The predicted molar refractivity (Wildman–Crippen MR) is 64.7 cm³/mol. The smallest absolute Gasteiger partial charge is 0.244 e. The Morgan fingerprint density at radius 1 is 1.29 bits per heavy atom. The van der Waals surface area contributed by atoms with Crippen LogP contribution in [0.2, 0.25) is 5.02 Å². The van der Waals surface area contributed by atoms with Crippen LogP contribution in [-0.4, -0.2) is 16.7 Å². The van der Waals surface area contributed by atoms with Gasteiger partial charge < -0.3 is 9.84 Å². The molecule has 0 aliphatic carbocycles. The lowest BCUT2D eigenvalue weighted by atomic mass is 10.2. The Balaban J connectivity index is 1.86. The molecular weight excluding hydrogens is 238 g/mol. The zero-order valence-corrected chi connectivity index (χ0v) is 9.94. The van der Waals surface area contributed by atoms with E-state index in [0.717, 1.165) is 24.9 Å². The third kappa shape index (κ3) is 2.18. The Kier molecular flexibility index (Phi) is 2.82. The summed E-state index contributed by atoms with van der Waals surface area (Å²) in [6.07, 6.45) is 2.21. The number of nitrogens with one attached hydrogen (secondary N) is 1. The van der Waals surface area contributed by atoms with Crippen molar-refractivity contribution in [1.29, 1.82) is 0 Å². The van der Waals surface area contributed by atoms with Crippen LogP contribution in [0.4, 0.5) is 0 Å². The minimum atomic E-state index is 0.212. The second-order valence-corrected chi connectivity index (χ2v) is 4.55. The summed E-state index contributed by atoms with van der Waals surface area (Å²) < 4.78 is 5.28. The van der Waals surface area contributed by atoms with Crippen molar-refractivity contribution < 1.29 is 4.52 Å². The molecule has 3 rings (SSSR count). The summed E-state index contributed by atoms with van der Waals surface area (Å²) >= 11 is 5.83. The van der Waals surface area contributed by atoms with Gasteiger partial charge in [0.25, 0.3) is 0 Å². The van der Waals surface area contributed by atoms with Crippen molar-refractivity contribution in [3.8, 4) is 11.4 Å². The fourth-order valence-electron chi connectivity index (χ4n) is 1.99. The van der Waals surface area contributed by atoms with E-state index >= 15 is 0 Å². The molecule has 1 fully saturated rings. The van der Waals surface area contributed by atoms with Gasteiger partial charge >= 0.3 is 0 Å². The number of aromatic nitrogens is 2. The van der Waals surface area contributed by atoms with E-state index in [1.165, 1.54) is 0 Å². The van der Waals surface area contributed by atoms with E-state index in [1.54, 1.807) is 0 Å². The van der Waals surface area contributed by atoms with Gasteiger partial charge in [0.05, 0.1) is 6.04 Å². The minimum Gasteiger partial charge on any atom is -0.337 e. The third-order valence-electron chi connectivity index (χ3n) is 2.90. The number of benzene rings is 1. The lowest BCUT2D eigenvalue weighted by Crippen LogP contribution is -2.12. The van der Waals surface area contributed by atoms with Gasteiger partial charge in [-0.05, 0) is 43.7 Å². The fourth-order valence-corrected chi connectivity index (χ4v) is 2.11. The number of halogens is 1. The van der Waals surface area contributed by atoms with Gasteiger partial charge in [-0.2, -0.15) is 4.98 Å². The monoisotopic (exact) mass is 249 g/mol. The summed E-state index contributed by atoms with van der Waals surface area (Å²) in [4.78, 5) is 4.41. The van der Waals surface area contributed by atoms with Gasteiger partial charge in [-0.1, -0.05) is 16.8 Å². The molecule has 2 heterocycles. The van der Waals surface area contributed by atoms with Crippen LogP contribution in [0.5, 0.6) is 0 Å². The summed E-state index contributed by atoms with van der Waals surface area (Å²) in [5.41, 5.74) is 0.919. The van der Waals surface area contributed by atoms with Gasteiger partial charge in [-0.15, -0.1) is 0 Å². The van der Waals surface area contributed by atoms with Crippen molar-refractivity contribution in [2.45, 2.75) is 18.9 Å². The van der Waals surface area contributed by atoms with Crippen LogP contribution >= 0.6 is 11.6 Å². The summed E-state index contributed by atoms with van der Waals surface area (Å²) in [7, 11) is 0. The van der Waals surface area contributed by atoms with Crippen molar-refractivity contribution >= 4 is 11.6 Å². The van der Waals surface area contributed by atoms with Crippen LogP contribution in [0, 0.1) is 0 Å². The molecule has 1 saturated heterocycles. The van der Waals surface area contributed by atoms with Crippen molar-refractivity contribution in [2.24, 2.45) is 0 Å². The first-order chi connectivity index (χ1) is 8.33. The Labute approximate surface area is 104 Å². The first-order valence-corrected chi connectivity index (χ1v) is 6.03. The number of nitrogens with zero attached hydrogens (tertiary/aromatic N) is 2. The Bertz CT molecular complexity index is 503. The molecule has 1 aromatic heterocycles. The average molecular weight is 250 g/mol. The van der Waals surface area contributed by atoms with Gasteiger partial charge in [0.1, 0.15) is 0 Å². The first-order valence-electron chi connectivity index (χ1n) is 5.66. The molecular formula is C12H12ClN3O. The molecule has 17 heavy (non-hydrogen) atoms. The van der Waals surface area contributed by atoms with Gasteiger partial charge in [-0.25, -0.2) is 0 Å². The lowest BCUT2D eigenvalue weighted by Gasteiger charge is -2.01. The Hall–Kier alpha value is -1.39. The van der Waals surface area contributed by atoms with E-state index in [4.69, 9.17) is 16.1 Å². The molecule has 1 aromatic carbocycles. The van der Waals surface area contributed by atoms with Crippen LogP contribution in [-0.2, 0) is 0 Å².